The summed E-state index contributed by atoms with van der Waals surface area (Å²) in [4.78, 5) is 16.9. The van der Waals surface area contributed by atoms with Crippen LogP contribution in [0.15, 0.2) is 47.7 Å². The quantitative estimate of drug-likeness (QED) is 0.508. The lowest BCUT2D eigenvalue weighted by Crippen LogP contribution is -2.63. The molecule has 2 atom stereocenters. The van der Waals surface area contributed by atoms with E-state index in [0.717, 1.165) is 12.0 Å². The summed E-state index contributed by atoms with van der Waals surface area (Å²) in [5, 5.41) is 13.0. The number of amidine groups is 1. The fourth-order valence-electron chi connectivity index (χ4n) is 3.42. The van der Waals surface area contributed by atoms with Crippen molar-refractivity contribution in [3.05, 3.63) is 48.3 Å². The number of nitrogens with zero attached hydrogens (tertiary/aromatic N) is 2. The SMILES string of the molecule is CC(C)C[C@@H](NC(=O)OCCC(C)(C)C)[N+]1(COCc2ccccc2)C=CN=C1CO. The van der Waals surface area contributed by atoms with E-state index in [4.69, 9.17) is 9.47 Å². The maximum Gasteiger partial charge on any atom is 0.411 e. The van der Waals surface area contributed by atoms with Crippen LogP contribution in [0.1, 0.15) is 53.0 Å². The second kappa shape index (κ2) is 11.4. The van der Waals surface area contributed by atoms with Crippen molar-refractivity contribution >= 4 is 11.9 Å². The van der Waals surface area contributed by atoms with Crippen LogP contribution in [0.4, 0.5) is 4.79 Å². The molecule has 1 heterocycles. The fourth-order valence-corrected chi connectivity index (χ4v) is 3.42. The first-order valence-electron chi connectivity index (χ1n) is 10.9. The van der Waals surface area contributed by atoms with Crippen molar-refractivity contribution in [2.45, 2.75) is 60.2 Å². The topological polar surface area (TPSA) is 80.2 Å². The Kier molecular flexibility index (Phi) is 9.22. The Morgan fingerprint density at radius 2 is 1.94 bits per heavy atom. The molecule has 31 heavy (non-hydrogen) atoms. The Hall–Kier alpha value is -2.22. The van der Waals surface area contributed by atoms with Crippen LogP contribution in [0.25, 0.3) is 0 Å². The van der Waals surface area contributed by atoms with Crippen LogP contribution in [0.2, 0.25) is 0 Å². The molecule has 1 unspecified atom stereocenters. The third-order valence-corrected chi connectivity index (χ3v) is 5.22. The zero-order chi connectivity index (χ0) is 22.9. The minimum atomic E-state index is -0.465. The average Bonchev–Trinajstić information content (AvgIpc) is 3.11. The number of benzene rings is 1. The molecule has 1 amide bonds. The van der Waals surface area contributed by atoms with Crippen molar-refractivity contribution in [1.29, 1.82) is 0 Å². The summed E-state index contributed by atoms with van der Waals surface area (Å²) in [7, 11) is 0. The molecule has 1 aromatic carbocycles. The second-order valence-electron chi connectivity index (χ2n) is 9.63. The average molecular weight is 433 g/mol. The molecule has 2 rings (SSSR count). The number of aliphatic hydroxyl groups is 1. The van der Waals surface area contributed by atoms with Gasteiger partial charge in [-0.15, -0.1) is 0 Å². The predicted octanol–water partition coefficient (Wildman–Crippen LogP) is 4.39. The summed E-state index contributed by atoms with van der Waals surface area (Å²) in [5.41, 5.74) is 1.15. The Morgan fingerprint density at radius 3 is 2.55 bits per heavy atom. The maximum absolute atomic E-state index is 12.6. The van der Waals surface area contributed by atoms with Crippen LogP contribution in [-0.2, 0) is 16.1 Å². The molecule has 0 saturated carbocycles. The highest BCUT2D eigenvalue weighted by molar-refractivity contribution is 5.79. The first kappa shape index (κ1) is 25.0. The van der Waals surface area contributed by atoms with E-state index < -0.39 is 6.09 Å². The van der Waals surface area contributed by atoms with Gasteiger partial charge in [0.1, 0.15) is 12.8 Å². The number of alkyl carbamates (subject to hydrolysis) is 1. The molecule has 0 bridgehead atoms. The number of carbonyl (C=O) groups is 1. The number of hydrogen-bond donors (Lipinski definition) is 2. The van der Waals surface area contributed by atoms with Crippen LogP contribution in [-0.4, -0.2) is 47.6 Å². The number of hydrogen-bond acceptors (Lipinski definition) is 5. The van der Waals surface area contributed by atoms with Gasteiger partial charge in [0.05, 0.1) is 19.4 Å². The molecular weight excluding hydrogens is 394 g/mol. The highest BCUT2D eigenvalue weighted by Gasteiger charge is 2.44. The monoisotopic (exact) mass is 432 g/mol. The normalized spacial score (nSPS) is 19.4. The lowest BCUT2D eigenvalue weighted by Gasteiger charge is -2.39. The first-order chi connectivity index (χ1) is 14.7. The number of ether oxygens (including phenoxy) is 2. The molecule has 7 heteroatoms. The van der Waals surface area contributed by atoms with Gasteiger partial charge >= 0.3 is 6.09 Å². The number of amides is 1. The van der Waals surface area contributed by atoms with Crippen molar-refractivity contribution in [3.8, 4) is 0 Å². The zero-order valence-electron chi connectivity index (χ0n) is 19.5. The van der Waals surface area contributed by atoms with Gasteiger partial charge < -0.3 is 14.6 Å². The van der Waals surface area contributed by atoms with Gasteiger partial charge in [-0.1, -0.05) is 65.0 Å². The summed E-state index contributed by atoms with van der Waals surface area (Å²) < 4.78 is 11.6. The number of rotatable bonds is 11. The predicted molar refractivity (Wildman–Crippen MR) is 122 cm³/mol. The molecule has 1 aromatic rings. The van der Waals surface area contributed by atoms with Gasteiger partial charge in [-0.2, -0.15) is 0 Å². The summed E-state index contributed by atoms with van der Waals surface area (Å²) in [6.07, 6.45) is 4.15. The van der Waals surface area contributed by atoms with Crippen molar-refractivity contribution in [3.63, 3.8) is 0 Å². The minimum Gasteiger partial charge on any atom is -0.449 e. The molecule has 172 valence electrons. The summed E-state index contributed by atoms with van der Waals surface area (Å²) in [5.74, 6) is 0.839. The van der Waals surface area contributed by atoms with Gasteiger partial charge in [0, 0.05) is 6.42 Å². The van der Waals surface area contributed by atoms with E-state index in [1.54, 1.807) is 6.20 Å². The molecule has 1 aliphatic rings. The zero-order valence-corrected chi connectivity index (χ0v) is 19.5. The third kappa shape index (κ3) is 7.76. The highest BCUT2D eigenvalue weighted by atomic mass is 16.5. The number of carbonyl (C=O) groups excluding carboxylic acids is 1. The Labute approximate surface area is 186 Å². The van der Waals surface area contributed by atoms with E-state index >= 15 is 0 Å². The highest BCUT2D eigenvalue weighted by Crippen LogP contribution is 2.26. The van der Waals surface area contributed by atoms with E-state index in [0.29, 0.717) is 31.4 Å². The molecular formula is C24H38N3O4+. The molecule has 0 fully saturated rings. The van der Waals surface area contributed by atoms with E-state index in [1.165, 1.54) is 0 Å². The Bertz CT molecular complexity index is 756. The number of nitrogens with one attached hydrogen (secondary N) is 1. The van der Waals surface area contributed by atoms with Crippen molar-refractivity contribution < 1.29 is 23.9 Å². The standard InChI is InChI=1S/C24H37N3O4/c1-19(2)15-21(26-23(29)31-14-11-24(3,4)5)27(13-12-25-22(27)16-28)18-30-17-20-9-7-6-8-10-20/h6-10,12-13,19,21,28H,11,14-18H2,1-5H3/p+1/t21-,27?/m0/s1. The van der Waals surface area contributed by atoms with Gasteiger partial charge in [0.25, 0.3) is 0 Å². The third-order valence-electron chi connectivity index (χ3n) is 5.22. The molecule has 2 N–H and O–H groups in total. The van der Waals surface area contributed by atoms with E-state index in [1.807, 2.05) is 36.5 Å². The number of quaternary nitrogens is 1. The van der Waals surface area contributed by atoms with Crippen LogP contribution < -0.4 is 5.32 Å². The molecule has 0 aliphatic carbocycles. The maximum atomic E-state index is 12.6. The van der Waals surface area contributed by atoms with Crippen LogP contribution in [0, 0.1) is 11.3 Å². The van der Waals surface area contributed by atoms with Crippen LogP contribution in [0.3, 0.4) is 0 Å². The smallest absolute Gasteiger partial charge is 0.411 e. The second-order valence-corrected chi connectivity index (χ2v) is 9.63. The lowest BCUT2D eigenvalue weighted by molar-refractivity contribution is -0.842. The molecule has 0 aromatic heterocycles. The van der Waals surface area contributed by atoms with Crippen LogP contribution >= 0.6 is 0 Å². The first-order valence-corrected chi connectivity index (χ1v) is 10.9. The van der Waals surface area contributed by atoms with Crippen molar-refractivity contribution in [1.82, 2.24) is 5.32 Å². The number of aliphatic hydroxyl groups excluding tert-OH is 1. The van der Waals surface area contributed by atoms with Gasteiger partial charge in [-0.25, -0.2) is 14.3 Å². The van der Waals surface area contributed by atoms with E-state index in [2.05, 4.69) is 44.9 Å². The van der Waals surface area contributed by atoms with Crippen molar-refractivity contribution in [2.24, 2.45) is 16.3 Å². The molecule has 0 radical (unpaired) electrons. The van der Waals surface area contributed by atoms with E-state index in [9.17, 15) is 9.90 Å². The van der Waals surface area contributed by atoms with Crippen molar-refractivity contribution in [2.75, 3.05) is 19.9 Å². The minimum absolute atomic E-state index is 0.0884. The Morgan fingerprint density at radius 1 is 1.23 bits per heavy atom. The molecule has 1 aliphatic heterocycles. The van der Waals surface area contributed by atoms with Gasteiger partial charge in [0.15, 0.2) is 12.9 Å². The number of aliphatic imine (C=N–C) groups is 1. The Balaban J connectivity index is 2.13. The van der Waals surface area contributed by atoms with Gasteiger partial charge in [0.2, 0.25) is 5.84 Å². The molecule has 0 spiro atoms. The van der Waals surface area contributed by atoms with Crippen LogP contribution in [0.5, 0.6) is 0 Å². The molecule has 0 saturated heterocycles. The fraction of sp³-hybridized carbons (Fsp3) is 0.583. The summed E-state index contributed by atoms with van der Waals surface area (Å²) in [6.45, 7) is 11.3. The van der Waals surface area contributed by atoms with Gasteiger partial charge in [-0.05, 0) is 23.3 Å². The van der Waals surface area contributed by atoms with E-state index in [-0.39, 0.29) is 29.4 Å². The summed E-state index contributed by atoms with van der Waals surface area (Å²) in [6, 6.07) is 9.90. The van der Waals surface area contributed by atoms with Gasteiger partial charge in [-0.3, -0.25) is 5.32 Å². The molecule has 7 nitrogen and oxygen atoms in total. The summed E-state index contributed by atoms with van der Waals surface area (Å²) >= 11 is 0. The lowest BCUT2D eigenvalue weighted by atomic mass is 9.93. The largest absolute Gasteiger partial charge is 0.449 e.